The second kappa shape index (κ2) is 15.5. The molecule has 4 heterocycles. The summed E-state index contributed by atoms with van der Waals surface area (Å²) in [5.41, 5.74) is 15.9. The number of pyridine rings is 1. The van der Waals surface area contributed by atoms with E-state index in [2.05, 4.69) is 35.9 Å². The minimum absolute atomic E-state index is 0.0262. The normalized spacial score (nSPS) is 12.7. The highest BCUT2D eigenvalue weighted by Gasteiger charge is 2.16. The van der Waals surface area contributed by atoms with Gasteiger partial charge in [-0.15, -0.1) is 0 Å². The Morgan fingerprint density at radius 3 is 2.72 bits per heavy atom. The first-order chi connectivity index (χ1) is 24.1. The van der Waals surface area contributed by atoms with Crippen LogP contribution in [0.25, 0.3) is 39.1 Å². The Morgan fingerprint density at radius 1 is 1.14 bits per heavy atom. The Bertz CT molecular complexity index is 2130. The molecule has 0 radical (unpaired) electrons. The van der Waals surface area contributed by atoms with Crippen molar-refractivity contribution in [3.8, 4) is 16.9 Å². The number of H-pyrrole nitrogens is 1. The van der Waals surface area contributed by atoms with Gasteiger partial charge in [0.15, 0.2) is 17.4 Å². The minimum atomic E-state index is -0.537. The fraction of sp³-hybridized carbons (Fsp3) is 0.286. The first-order valence-corrected chi connectivity index (χ1v) is 16.7. The zero-order valence-electron chi connectivity index (χ0n) is 27.5. The molecule has 0 aliphatic heterocycles. The van der Waals surface area contributed by atoms with Crippen molar-refractivity contribution >= 4 is 45.7 Å². The average molecular weight is 700 g/mol. The van der Waals surface area contributed by atoms with Crippen LogP contribution in [0.4, 0.5) is 10.4 Å². The number of aromatic amines is 1. The lowest BCUT2D eigenvalue weighted by Gasteiger charge is -2.19. The van der Waals surface area contributed by atoms with E-state index in [1.165, 1.54) is 4.57 Å². The molecular weight excluding hydrogens is 661 g/mol. The van der Waals surface area contributed by atoms with E-state index in [0.717, 1.165) is 30.4 Å². The maximum Gasteiger partial charge on any atom is 0.354 e. The van der Waals surface area contributed by atoms with Gasteiger partial charge in [0, 0.05) is 61.1 Å². The van der Waals surface area contributed by atoms with Crippen LogP contribution >= 0.6 is 11.6 Å². The molecule has 15 heteroatoms. The molecule has 6 aromatic rings. The van der Waals surface area contributed by atoms with Crippen molar-refractivity contribution in [3.63, 3.8) is 0 Å². The van der Waals surface area contributed by atoms with Gasteiger partial charge in [-0.05, 0) is 74.1 Å². The number of aromatic nitrogens is 5. The lowest BCUT2D eigenvalue weighted by atomic mass is 10.0. The van der Waals surface area contributed by atoms with Gasteiger partial charge in [0.25, 0.3) is 6.01 Å². The third kappa shape index (κ3) is 8.45. The second-order valence-electron chi connectivity index (χ2n) is 12.3. The highest BCUT2D eigenvalue weighted by atomic mass is 35.5. The van der Waals surface area contributed by atoms with Crippen LogP contribution in [0.5, 0.6) is 0 Å². The first-order valence-electron chi connectivity index (χ1n) is 16.3. The molecule has 0 amide bonds. The molecule has 6 rings (SSSR count). The van der Waals surface area contributed by atoms with Crippen LogP contribution in [-0.2, 0) is 13.0 Å². The molecule has 0 aliphatic rings. The number of fused-ring (bicyclic) bond motifs is 2. The van der Waals surface area contributed by atoms with E-state index in [9.17, 15) is 4.79 Å². The van der Waals surface area contributed by atoms with Crippen molar-refractivity contribution in [1.82, 2.24) is 35.1 Å². The Hall–Kier alpha value is -5.31. The molecule has 0 fully saturated rings. The van der Waals surface area contributed by atoms with Crippen LogP contribution < -0.4 is 33.1 Å². The van der Waals surface area contributed by atoms with E-state index in [1.54, 1.807) is 42.9 Å². The Morgan fingerprint density at radius 2 is 1.96 bits per heavy atom. The number of oxazole rings is 1. The third-order valence-corrected chi connectivity index (χ3v) is 8.59. The van der Waals surface area contributed by atoms with Gasteiger partial charge in [0.2, 0.25) is 0 Å². The summed E-state index contributed by atoms with van der Waals surface area (Å²) < 4.78 is 22.4. The second-order valence-corrected chi connectivity index (χ2v) is 12.7. The number of nitrogens with one attached hydrogen (secondary N) is 5. The monoisotopic (exact) mass is 699 g/mol. The van der Waals surface area contributed by atoms with Crippen molar-refractivity contribution in [2.75, 3.05) is 18.4 Å². The topological polar surface area (TPSA) is 202 Å². The molecule has 9 N–H and O–H groups in total. The number of hydrogen-bond donors (Lipinski definition) is 7. The van der Waals surface area contributed by atoms with E-state index in [1.807, 2.05) is 31.2 Å². The lowest BCUT2D eigenvalue weighted by molar-refractivity contribution is 0.487. The molecule has 0 spiro atoms. The molecule has 2 atom stereocenters. The van der Waals surface area contributed by atoms with Crippen molar-refractivity contribution in [3.05, 3.63) is 99.6 Å². The quantitative estimate of drug-likeness (QED) is 0.0575. The van der Waals surface area contributed by atoms with Crippen LogP contribution in [0.1, 0.15) is 37.3 Å². The van der Waals surface area contributed by atoms with Gasteiger partial charge < -0.3 is 36.8 Å². The summed E-state index contributed by atoms with van der Waals surface area (Å²) in [5.74, 6) is -0.627. The SMILES string of the molecule is C[C@H](N)CCCc1cc(Cl)c(F)c(-c2cc3cn(-c4ccc(CN[C@H](CCNC(=N)N)CNc5nc6cnccc6o5)cc4)c(=O)nc3[nH]2)c1. The van der Waals surface area contributed by atoms with Gasteiger partial charge in [-0.3, -0.25) is 15.0 Å². The fourth-order valence-electron chi connectivity index (χ4n) is 5.70. The summed E-state index contributed by atoms with van der Waals surface area (Å²) in [6.07, 6.45) is 8.07. The van der Waals surface area contributed by atoms with Crippen LogP contribution in [0, 0.1) is 11.2 Å². The zero-order valence-corrected chi connectivity index (χ0v) is 28.2. The van der Waals surface area contributed by atoms with Crippen LogP contribution in [0.3, 0.4) is 0 Å². The Labute approximate surface area is 292 Å². The number of guanidine groups is 1. The van der Waals surface area contributed by atoms with Crippen molar-refractivity contribution in [2.45, 2.75) is 51.2 Å². The molecule has 13 nitrogen and oxygen atoms in total. The number of anilines is 1. The molecular formula is C35H39ClFN11O2. The van der Waals surface area contributed by atoms with E-state index in [-0.39, 0.29) is 23.1 Å². The Balaban J connectivity index is 1.14. The average Bonchev–Trinajstić information content (AvgIpc) is 3.70. The molecule has 0 unspecified atom stereocenters. The van der Waals surface area contributed by atoms with Crippen LogP contribution in [-0.4, -0.2) is 55.6 Å². The lowest BCUT2D eigenvalue weighted by Crippen LogP contribution is -2.40. The van der Waals surface area contributed by atoms with Crippen LogP contribution in [0.15, 0.2) is 76.3 Å². The van der Waals surface area contributed by atoms with E-state index >= 15 is 4.39 Å². The maximum absolute atomic E-state index is 15.2. The predicted octanol–water partition coefficient (Wildman–Crippen LogP) is 4.82. The summed E-state index contributed by atoms with van der Waals surface area (Å²) in [4.78, 5) is 28.9. The standard InChI is InChI=1S/C35H39ClFN11O2/c1-20(38)3-2-4-22-13-26(31(37)27(36)14-22)28-15-23-19-48(35(49)47-32(23)45-28)25-7-5-21(6-8-25)16-43-24(9-12-42-33(39)40)17-44-34-46-29-18-41-11-10-30(29)50-34/h5-8,10-11,13-15,18-20,24,43H,2-4,9,12,16-17,38H2,1H3,(H,44,46)(H4,39,40,42)(H,45,47,49)/t20-,24+/m0/s1. The number of nitrogens with two attached hydrogens (primary N) is 2. The van der Waals surface area contributed by atoms with Gasteiger partial charge in [-0.25, -0.2) is 9.18 Å². The molecule has 4 aromatic heterocycles. The molecule has 260 valence electrons. The first kappa shape index (κ1) is 34.5. The van der Waals surface area contributed by atoms with Crippen molar-refractivity contribution in [1.29, 1.82) is 5.41 Å². The molecule has 0 bridgehead atoms. The van der Waals surface area contributed by atoms with Crippen molar-refractivity contribution < 1.29 is 8.81 Å². The number of nitrogens with zero attached hydrogens (tertiary/aromatic N) is 4. The maximum atomic E-state index is 15.2. The fourth-order valence-corrected chi connectivity index (χ4v) is 5.94. The summed E-state index contributed by atoms with van der Waals surface area (Å²) in [5, 5.41) is 17.8. The summed E-state index contributed by atoms with van der Waals surface area (Å²) in [6, 6.07) is 15.0. The largest absolute Gasteiger partial charge is 0.423 e. The Kier molecular flexibility index (Phi) is 10.7. The number of halogens is 2. The number of aryl methyl sites for hydroxylation is 1. The van der Waals surface area contributed by atoms with Gasteiger partial charge >= 0.3 is 5.69 Å². The van der Waals surface area contributed by atoms with E-state index in [4.69, 9.17) is 32.9 Å². The van der Waals surface area contributed by atoms with E-state index in [0.29, 0.717) is 71.1 Å². The van der Waals surface area contributed by atoms with Gasteiger partial charge in [-0.2, -0.15) is 9.97 Å². The van der Waals surface area contributed by atoms with E-state index < -0.39 is 11.5 Å². The number of rotatable bonds is 15. The molecule has 2 aromatic carbocycles. The summed E-state index contributed by atoms with van der Waals surface area (Å²) in [6.45, 7) is 3.50. The number of hydrogen-bond acceptors (Lipinski definition) is 9. The van der Waals surface area contributed by atoms with Gasteiger partial charge in [0.1, 0.15) is 11.2 Å². The number of benzene rings is 2. The highest BCUT2D eigenvalue weighted by Crippen LogP contribution is 2.31. The molecule has 0 saturated carbocycles. The minimum Gasteiger partial charge on any atom is -0.423 e. The predicted molar refractivity (Wildman–Crippen MR) is 194 cm³/mol. The summed E-state index contributed by atoms with van der Waals surface area (Å²) >= 11 is 6.27. The smallest absolute Gasteiger partial charge is 0.354 e. The van der Waals surface area contributed by atoms with Gasteiger partial charge in [-0.1, -0.05) is 23.7 Å². The van der Waals surface area contributed by atoms with Crippen LogP contribution in [0.2, 0.25) is 5.02 Å². The van der Waals surface area contributed by atoms with Gasteiger partial charge in [0.05, 0.1) is 22.6 Å². The third-order valence-electron chi connectivity index (χ3n) is 8.32. The summed E-state index contributed by atoms with van der Waals surface area (Å²) in [7, 11) is 0. The van der Waals surface area contributed by atoms with Crippen molar-refractivity contribution in [2.24, 2.45) is 11.5 Å². The molecule has 0 saturated heterocycles. The zero-order chi connectivity index (χ0) is 35.2. The molecule has 50 heavy (non-hydrogen) atoms. The molecule has 0 aliphatic carbocycles. The highest BCUT2D eigenvalue weighted by molar-refractivity contribution is 6.31.